The van der Waals surface area contributed by atoms with Gasteiger partial charge in [-0.25, -0.2) is 0 Å². The van der Waals surface area contributed by atoms with Crippen LogP contribution in [0.1, 0.15) is 16.7 Å². The first-order chi connectivity index (χ1) is 11.3. The van der Waals surface area contributed by atoms with Crippen molar-refractivity contribution < 1.29 is 9.84 Å². The minimum Gasteiger partial charge on any atom is -0.508 e. The lowest BCUT2D eigenvalue weighted by molar-refractivity contribution is 0.305. The Balaban J connectivity index is 1.75. The first-order valence-electron chi connectivity index (χ1n) is 7.54. The highest BCUT2D eigenvalue weighted by atomic mass is 16.5. The summed E-state index contributed by atoms with van der Waals surface area (Å²) in [6.07, 6.45) is 3.96. The van der Waals surface area contributed by atoms with Crippen molar-refractivity contribution in [1.82, 2.24) is 0 Å². The van der Waals surface area contributed by atoms with Gasteiger partial charge >= 0.3 is 0 Å². The first-order valence-corrected chi connectivity index (χ1v) is 7.54. The Morgan fingerprint density at radius 2 is 1.57 bits per heavy atom. The molecule has 0 fully saturated rings. The Bertz CT molecular complexity index is 792. The molecule has 0 bridgehead atoms. The van der Waals surface area contributed by atoms with Gasteiger partial charge in [-0.05, 0) is 29.3 Å². The summed E-state index contributed by atoms with van der Waals surface area (Å²) in [6, 6.07) is 25.2. The van der Waals surface area contributed by atoms with Crippen LogP contribution in [0.25, 0.3) is 12.2 Å². The number of aromatic hydroxyl groups is 1. The average molecular weight is 302 g/mol. The van der Waals surface area contributed by atoms with Crippen molar-refractivity contribution in [3.63, 3.8) is 0 Å². The maximum absolute atomic E-state index is 9.52. The molecule has 0 aliphatic carbocycles. The predicted molar refractivity (Wildman–Crippen MR) is 94.3 cm³/mol. The molecule has 2 heteroatoms. The summed E-state index contributed by atoms with van der Waals surface area (Å²) in [5.41, 5.74) is 3.09. The van der Waals surface area contributed by atoms with Gasteiger partial charge in [0.2, 0.25) is 0 Å². The molecule has 0 saturated carbocycles. The van der Waals surface area contributed by atoms with Crippen LogP contribution in [0.4, 0.5) is 0 Å². The molecule has 0 unspecified atom stereocenters. The molecule has 114 valence electrons. The molecule has 0 radical (unpaired) electrons. The van der Waals surface area contributed by atoms with Crippen LogP contribution in [0, 0.1) is 0 Å². The van der Waals surface area contributed by atoms with Crippen LogP contribution in [-0.2, 0) is 6.61 Å². The van der Waals surface area contributed by atoms with Crippen LogP contribution in [0.3, 0.4) is 0 Å². The zero-order chi connectivity index (χ0) is 15.9. The molecule has 3 rings (SSSR count). The molecule has 2 nitrogen and oxygen atoms in total. The third kappa shape index (κ3) is 4.24. The minimum atomic E-state index is 0.265. The van der Waals surface area contributed by atoms with E-state index in [-0.39, 0.29) is 5.75 Å². The van der Waals surface area contributed by atoms with Crippen molar-refractivity contribution in [2.75, 3.05) is 0 Å². The van der Waals surface area contributed by atoms with Crippen LogP contribution in [-0.4, -0.2) is 5.11 Å². The topological polar surface area (TPSA) is 29.5 Å². The Labute approximate surface area is 136 Å². The summed E-state index contributed by atoms with van der Waals surface area (Å²) in [6.45, 7) is 0.540. The quantitative estimate of drug-likeness (QED) is 0.661. The molecule has 0 spiro atoms. The van der Waals surface area contributed by atoms with E-state index in [0.717, 1.165) is 22.4 Å². The summed E-state index contributed by atoms with van der Waals surface area (Å²) in [5, 5.41) is 9.52. The summed E-state index contributed by atoms with van der Waals surface area (Å²) in [7, 11) is 0. The number of rotatable bonds is 5. The van der Waals surface area contributed by atoms with Gasteiger partial charge in [0.15, 0.2) is 0 Å². The van der Waals surface area contributed by atoms with Crippen molar-refractivity contribution in [1.29, 1.82) is 0 Å². The highest BCUT2D eigenvalue weighted by Crippen LogP contribution is 2.22. The summed E-state index contributed by atoms with van der Waals surface area (Å²) in [4.78, 5) is 0. The second-order valence-electron chi connectivity index (χ2n) is 5.24. The van der Waals surface area contributed by atoms with Crippen molar-refractivity contribution in [3.8, 4) is 11.5 Å². The Hall–Kier alpha value is -3.00. The standard InChI is InChI=1S/C21H18O2/c22-20-11-6-9-17(15-20)13-14-19-10-4-5-12-21(19)23-16-18-7-2-1-3-8-18/h1-15,22H,16H2/b14-13+. The monoisotopic (exact) mass is 302 g/mol. The smallest absolute Gasteiger partial charge is 0.127 e. The lowest BCUT2D eigenvalue weighted by atomic mass is 10.1. The number of phenolic OH excluding ortho intramolecular Hbond substituents is 1. The van der Waals surface area contributed by atoms with E-state index in [9.17, 15) is 5.11 Å². The molecule has 0 saturated heterocycles. The Kier molecular flexibility index (Phi) is 4.75. The summed E-state index contributed by atoms with van der Waals surface area (Å²) >= 11 is 0. The maximum Gasteiger partial charge on any atom is 0.127 e. The van der Waals surface area contributed by atoms with Gasteiger partial charge in [-0.2, -0.15) is 0 Å². The fraction of sp³-hybridized carbons (Fsp3) is 0.0476. The van der Waals surface area contributed by atoms with Crippen molar-refractivity contribution in [2.24, 2.45) is 0 Å². The fourth-order valence-electron chi connectivity index (χ4n) is 2.30. The van der Waals surface area contributed by atoms with Crippen LogP contribution < -0.4 is 4.74 Å². The molecule has 3 aromatic carbocycles. The van der Waals surface area contributed by atoms with Crippen molar-refractivity contribution in [3.05, 3.63) is 95.6 Å². The molecule has 3 aromatic rings. The van der Waals surface area contributed by atoms with Gasteiger partial charge in [-0.3, -0.25) is 0 Å². The van der Waals surface area contributed by atoms with Crippen LogP contribution >= 0.6 is 0 Å². The Morgan fingerprint density at radius 1 is 0.783 bits per heavy atom. The first kappa shape index (κ1) is 14.9. The second-order valence-corrected chi connectivity index (χ2v) is 5.24. The number of hydrogen-bond donors (Lipinski definition) is 1. The number of phenols is 1. The van der Waals surface area contributed by atoms with Gasteiger partial charge in [-0.15, -0.1) is 0 Å². The fourth-order valence-corrected chi connectivity index (χ4v) is 2.30. The average Bonchev–Trinajstić information content (AvgIpc) is 2.60. The van der Waals surface area contributed by atoms with Gasteiger partial charge in [0.05, 0.1) is 0 Å². The molecule has 1 N–H and O–H groups in total. The third-order valence-corrected chi connectivity index (χ3v) is 3.48. The molecule has 0 heterocycles. The van der Waals surface area contributed by atoms with Crippen molar-refractivity contribution >= 4 is 12.2 Å². The predicted octanol–water partition coefficient (Wildman–Crippen LogP) is 5.14. The maximum atomic E-state index is 9.52. The van der Waals surface area contributed by atoms with Gasteiger partial charge < -0.3 is 9.84 Å². The van der Waals surface area contributed by atoms with Gasteiger partial charge in [-0.1, -0.05) is 72.8 Å². The molecular formula is C21H18O2. The number of hydrogen-bond acceptors (Lipinski definition) is 2. The van der Waals surface area contributed by atoms with Crippen molar-refractivity contribution in [2.45, 2.75) is 6.61 Å². The van der Waals surface area contributed by atoms with E-state index in [0.29, 0.717) is 6.61 Å². The van der Waals surface area contributed by atoms with E-state index < -0.39 is 0 Å². The molecular weight excluding hydrogens is 284 g/mol. The largest absolute Gasteiger partial charge is 0.508 e. The van der Waals surface area contributed by atoms with E-state index in [1.165, 1.54) is 0 Å². The van der Waals surface area contributed by atoms with Gasteiger partial charge in [0, 0.05) is 5.56 Å². The lowest BCUT2D eigenvalue weighted by Crippen LogP contribution is -1.96. The van der Waals surface area contributed by atoms with Crippen LogP contribution in [0.5, 0.6) is 11.5 Å². The summed E-state index contributed by atoms with van der Waals surface area (Å²) < 4.78 is 5.93. The van der Waals surface area contributed by atoms with Gasteiger partial charge in [0.25, 0.3) is 0 Å². The number of ether oxygens (including phenoxy) is 1. The third-order valence-electron chi connectivity index (χ3n) is 3.48. The normalized spacial score (nSPS) is 10.8. The molecule has 23 heavy (non-hydrogen) atoms. The van der Waals surface area contributed by atoms with Gasteiger partial charge in [0.1, 0.15) is 18.1 Å². The zero-order valence-electron chi connectivity index (χ0n) is 12.7. The second kappa shape index (κ2) is 7.32. The molecule has 0 aliphatic heterocycles. The highest BCUT2D eigenvalue weighted by Gasteiger charge is 2.00. The van der Waals surface area contributed by atoms with E-state index >= 15 is 0 Å². The van der Waals surface area contributed by atoms with E-state index in [2.05, 4.69) is 0 Å². The highest BCUT2D eigenvalue weighted by molar-refractivity contribution is 5.72. The SMILES string of the molecule is Oc1cccc(/C=C/c2ccccc2OCc2ccccc2)c1. The minimum absolute atomic E-state index is 0.265. The van der Waals surface area contributed by atoms with Crippen LogP contribution in [0.2, 0.25) is 0 Å². The Morgan fingerprint density at radius 3 is 2.39 bits per heavy atom. The van der Waals surface area contributed by atoms with E-state index in [1.54, 1.807) is 12.1 Å². The molecule has 0 amide bonds. The number of benzene rings is 3. The molecule has 0 aromatic heterocycles. The van der Waals surface area contributed by atoms with Crippen LogP contribution in [0.15, 0.2) is 78.9 Å². The summed E-state index contributed by atoms with van der Waals surface area (Å²) in [5.74, 6) is 1.11. The molecule has 0 aliphatic rings. The van der Waals surface area contributed by atoms with E-state index in [1.807, 2.05) is 78.9 Å². The lowest BCUT2D eigenvalue weighted by Gasteiger charge is -2.09. The van der Waals surface area contributed by atoms with E-state index in [4.69, 9.17) is 4.74 Å². The number of para-hydroxylation sites is 1. The molecule has 0 atom stereocenters. The zero-order valence-corrected chi connectivity index (χ0v) is 12.7.